The SMILES string of the molecule is O=C1NC(=O)C2(CCCCC2)N1CCc1ccncc1. The minimum Gasteiger partial charge on any atom is -0.309 e. The van der Waals surface area contributed by atoms with Gasteiger partial charge in [-0.05, 0) is 37.0 Å². The van der Waals surface area contributed by atoms with Crippen molar-refractivity contribution in [3.05, 3.63) is 30.1 Å². The first kappa shape index (κ1) is 13.1. The van der Waals surface area contributed by atoms with Crippen molar-refractivity contribution in [2.24, 2.45) is 0 Å². The molecular weight excluding hydrogens is 254 g/mol. The van der Waals surface area contributed by atoms with Crippen LogP contribution in [0.2, 0.25) is 0 Å². The fraction of sp³-hybridized carbons (Fsp3) is 0.533. The van der Waals surface area contributed by atoms with Gasteiger partial charge >= 0.3 is 6.03 Å². The highest BCUT2D eigenvalue weighted by molar-refractivity contribution is 6.07. The molecule has 0 unspecified atom stereocenters. The van der Waals surface area contributed by atoms with Crippen LogP contribution >= 0.6 is 0 Å². The van der Waals surface area contributed by atoms with Gasteiger partial charge in [0.2, 0.25) is 0 Å². The summed E-state index contributed by atoms with van der Waals surface area (Å²) in [6.07, 6.45) is 9.04. The van der Waals surface area contributed by atoms with E-state index in [9.17, 15) is 9.59 Å². The molecule has 0 radical (unpaired) electrons. The molecule has 1 aromatic rings. The van der Waals surface area contributed by atoms with Crippen molar-refractivity contribution >= 4 is 11.9 Å². The molecule has 20 heavy (non-hydrogen) atoms. The smallest absolute Gasteiger partial charge is 0.309 e. The number of rotatable bonds is 3. The molecule has 1 N–H and O–H groups in total. The third kappa shape index (κ3) is 2.17. The summed E-state index contributed by atoms with van der Waals surface area (Å²) in [4.78, 5) is 30.0. The van der Waals surface area contributed by atoms with Gasteiger partial charge in [-0.3, -0.25) is 15.1 Å². The van der Waals surface area contributed by atoms with Crippen molar-refractivity contribution in [3.8, 4) is 0 Å². The van der Waals surface area contributed by atoms with Crippen molar-refractivity contribution in [1.29, 1.82) is 0 Å². The first-order valence-electron chi connectivity index (χ1n) is 7.24. The number of hydrogen-bond acceptors (Lipinski definition) is 3. The number of urea groups is 1. The Morgan fingerprint density at radius 1 is 1.15 bits per heavy atom. The second-order valence-electron chi connectivity index (χ2n) is 5.61. The van der Waals surface area contributed by atoms with Gasteiger partial charge in [-0.25, -0.2) is 4.79 Å². The number of hydrogen-bond donors (Lipinski definition) is 1. The molecule has 5 nitrogen and oxygen atoms in total. The lowest BCUT2D eigenvalue weighted by molar-refractivity contribution is -0.128. The van der Waals surface area contributed by atoms with E-state index in [0.29, 0.717) is 6.54 Å². The third-order valence-corrected chi connectivity index (χ3v) is 4.46. The molecule has 1 aromatic heterocycles. The number of carbonyl (C=O) groups excluding carboxylic acids is 2. The summed E-state index contributed by atoms with van der Waals surface area (Å²) in [5.74, 6) is -0.100. The maximum absolute atomic E-state index is 12.2. The molecule has 0 aromatic carbocycles. The standard InChI is InChI=1S/C15H19N3O2/c19-13-15(7-2-1-3-8-15)18(14(20)17-13)11-6-12-4-9-16-10-5-12/h4-5,9-10H,1-3,6-8,11H2,(H,17,19,20). The van der Waals surface area contributed by atoms with Crippen LogP contribution in [0.4, 0.5) is 4.79 Å². The Labute approximate surface area is 118 Å². The van der Waals surface area contributed by atoms with Gasteiger partial charge in [0.05, 0.1) is 0 Å². The summed E-state index contributed by atoms with van der Waals surface area (Å²) in [5, 5.41) is 2.50. The quantitative estimate of drug-likeness (QED) is 0.855. The van der Waals surface area contributed by atoms with Gasteiger partial charge in [0.15, 0.2) is 0 Å². The van der Waals surface area contributed by atoms with E-state index in [0.717, 1.165) is 44.1 Å². The van der Waals surface area contributed by atoms with Crippen LogP contribution in [0.25, 0.3) is 0 Å². The maximum atomic E-state index is 12.2. The Kier molecular flexibility index (Phi) is 3.42. The number of nitrogens with zero attached hydrogens (tertiary/aromatic N) is 2. The molecule has 1 aliphatic carbocycles. The van der Waals surface area contributed by atoms with Crippen LogP contribution in [0, 0.1) is 0 Å². The van der Waals surface area contributed by atoms with Crippen LogP contribution in [-0.4, -0.2) is 33.9 Å². The molecule has 1 aliphatic heterocycles. The van der Waals surface area contributed by atoms with Gasteiger partial charge in [0, 0.05) is 18.9 Å². The second-order valence-corrected chi connectivity index (χ2v) is 5.61. The normalized spacial score (nSPS) is 21.3. The van der Waals surface area contributed by atoms with Crippen LogP contribution in [0.5, 0.6) is 0 Å². The summed E-state index contributed by atoms with van der Waals surface area (Å²) in [5.41, 5.74) is 0.556. The summed E-state index contributed by atoms with van der Waals surface area (Å²) < 4.78 is 0. The Morgan fingerprint density at radius 3 is 2.55 bits per heavy atom. The average Bonchev–Trinajstić information content (AvgIpc) is 2.70. The molecule has 3 rings (SSSR count). The first-order valence-corrected chi connectivity index (χ1v) is 7.24. The monoisotopic (exact) mass is 273 g/mol. The lowest BCUT2D eigenvalue weighted by atomic mass is 9.80. The number of pyridine rings is 1. The van der Waals surface area contributed by atoms with Gasteiger partial charge in [0.1, 0.15) is 5.54 Å². The zero-order valence-corrected chi connectivity index (χ0v) is 11.5. The molecule has 0 atom stereocenters. The van der Waals surface area contributed by atoms with Crippen molar-refractivity contribution < 1.29 is 9.59 Å². The van der Waals surface area contributed by atoms with Gasteiger partial charge in [-0.2, -0.15) is 0 Å². The zero-order valence-electron chi connectivity index (χ0n) is 11.5. The van der Waals surface area contributed by atoms with Crippen LogP contribution in [-0.2, 0) is 11.2 Å². The fourth-order valence-corrected chi connectivity index (χ4v) is 3.34. The lowest BCUT2D eigenvalue weighted by Crippen LogP contribution is -2.51. The largest absolute Gasteiger partial charge is 0.325 e. The molecular formula is C15H19N3O2. The Balaban J connectivity index is 1.75. The molecule has 0 bridgehead atoms. The molecule has 3 amide bonds. The van der Waals surface area contributed by atoms with Gasteiger partial charge in [0.25, 0.3) is 5.91 Å². The van der Waals surface area contributed by atoms with Gasteiger partial charge < -0.3 is 4.90 Å². The second kappa shape index (κ2) is 5.23. The predicted octanol–water partition coefficient (Wildman–Crippen LogP) is 1.88. The topological polar surface area (TPSA) is 62.3 Å². The third-order valence-electron chi connectivity index (χ3n) is 4.46. The molecule has 1 spiro atoms. The minimum atomic E-state index is -0.581. The van der Waals surface area contributed by atoms with Crippen LogP contribution in [0.3, 0.4) is 0 Å². The van der Waals surface area contributed by atoms with Crippen molar-refractivity contribution in [3.63, 3.8) is 0 Å². The highest BCUT2D eigenvalue weighted by Gasteiger charge is 2.52. The molecule has 1 saturated carbocycles. The summed E-state index contributed by atoms with van der Waals surface area (Å²) in [7, 11) is 0. The number of imide groups is 1. The molecule has 2 fully saturated rings. The predicted molar refractivity (Wildman–Crippen MR) is 74.0 cm³/mol. The van der Waals surface area contributed by atoms with E-state index in [1.165, 1.54) is 0 Å². The fourth-order valence-electron chi connectivity index (χ4n) is 3.34. The minimum absolute atomic E-state index is 0.100. The highest BCUT2D eigenvalue weighted by atomic mass is 16.2. The maximum Gasteiger partial charge on any atom is 0.325 e. The summed E-state index contributed by atoms with van der Waals surface area (Å²) >= 11 is 0. The van der Waals surface area contributed by atoms with E-state index in [-0.39, 0.29) is 11.9 Å². The van der Waals surface area contributed by atoms with E-state index in [1.807, 2.05) is 12.1 Å². The molecule has 2 heterocycles. The molecule has 106 valence electrons. The van der Waals surface area contributed by atoms with Crippen LogP contribution in [0.1, 0.15) is 37.7 Å². The number of carbonyl (C=O) groups is 2. The van der Waals surface area contributed by atoms with E-state index in [1.54, 1.807) is 17.3 Å². The van der Waals surface area contributed by atoms with E-state index < -0.39 is 5.54 Å². The first-order chi connectivity index (χ1) is 9.72. The number of nitrogens with one attached hydrogen (secondary N) is 1. The van der Waals surface area contributed by atoms with Gasteiger partial charge in [-0.1, -0.05) is 19.3 Å². The van der Waals surface area contributed by atoms with Crippen molar-refractivity contribution in [1.82, 2.24) is 15.2 Å². The molecule has 1 saturated heterocycles. The number of amides is 3. The molecule has 5 heteroatoms. The molecule has 2 aliphatic rings. The van der Waals surface area contributed by atoms with Crippen molar-refractivity contribution in [2.45, 2.75) is 44.1 Å². The Hall–Kier alpha value is -1.91. The van der Waals surface area contributed by atoms with Gasteiger partial charge in [-0.15, -0.1) is 0 Å². The van der Waals surface area contributed by atoms with Crippen molar-refractivity contribution in [2.75, 3.05) is 6.54 Å². The lowest BCUT2D eigenvalue weighted by Gasteiger charge is -2.38. The highest BCUT2D eigenvalue weighted by Crippen LogP contribution is 2.37. The van der Waals surface area contributed by atoms with E-state index >= 15 is 0 Å². The Morgan fingerprint density at radius 2 is 1.85 bits per heavy atom. The van der Waals surface area contributed by atoms with E-state index in [2.05, 4.69) is 10.3 Å². The summed E-state index contributed by atoms with van der Waals surface area (Å²) in [6, 6.07) is 3.66. The number of aromatic nitrogens is 1. The average molecular weight is 273 g/mol. The van der Waals surface area contributed by atoms with Crippen LogP contribution in [0.15, 0.2) is 24.5 Å². The zero-order chi connectivity index (χ0) is 14.0. The van der Waals surface area contributed by atoms with E-state index in [4.69, 9.17) is 0 Å². The van der Waals surface area contributed by atoms with Crippen LogP contribution < -0.4 is 5.32 Å². The Bertz CT molecular complexity index is 509. The summed E-state index contributed by atoms with van der Waals surface area (Å²) in [6.45, 7) is 0.585.